The number of carboxylic acids is 1. The zero-order valence-corrected chi connectivity index (χ0v) is 7.90. The highest BCUT2D eigenvalue weighted by molar-refractivity contribution is 5.66. The van der Waals surface area contributed by atoms with E-state index >= 15 is 0 Å². The fourth-order valence-electron chi connectivity index (χ4n) is 1.21. The van der Waals surface area contributed by atoms with Gasteiger partial charge in [-0.1, -0.05) is 13.8 Å². The van der Waals surface area contributed by atoms with Crippen molar-refractivity contribution in [2.24, 2.45) is 0 Å². The average Bonchev–Trinajstić information content (AvgIpc) is 2.47. The number of carboxylic acid groups (broad SMARTS) is 1. The lowest BCUT2D eigenvalue weighted by Gasteiger charge is -2.08. The van der Waals surface area contributed by atoms with Crippen LogP contribution in [-0.2, 0) is 11.3 Å². The van der Waals surface area contributed by atoms with Crippen LogP contribution in [-0.4, -0.2) is 20.6 Å². The van der Waals surface area contributed by atoms with Gasteiger partial charge in [0.05, 0.1) is 12.7 Å². The van der Waals surface area contributed by atoms with Crippen molar-refractivity contribution in [3.8, 4) is 0 Å². The predicted octanol–water partition coefficient (Wildman–Crippen LogP) is 1.48. The van der Waals surface area contributed by atoms with E-state index in [1.807, 2.05) is 4.57 Å². The number of rotatable bonds is 4. The van der Waals surface area contributed by atoms with Crippen molar-refractivity contribution in [2.45, 2.75) is 32.7 Å². The number of carbonyl (C=O) groups is 1. The van der Waals surface area contributed by atoms with Crippen LogP contribution < -0.4 is 0 Å². The molecule has 72 valence electrons. The summed E-state index contributed by atoms with van der Waals surface area (Å²) in [4.78, 5) is 14.3. The molecular weight excluding hydrogens is 168 g/mol. The molecule has 0 saturated carbocycles. The zero-order valence-electron chi connectivity index (χ0n) is 7.90. The van der Waals surface area contributed by atoms with Crippen LogP contribution in [0.3, 0.4) is 0 Å². The molecule has 0 fully saturated rings. The van der Waals surface area contributed by atoms with Gasteiger partial charge in [-0.05, 0) is 5.92 Å². The Balaban J connectivity index is 2.65. The van der Waals surface area contributed by atoms with E-state index in [0.29, 0.717) is 12.5 Å². The number of aromatic nitrogens is 2. The molecule has 4 heteroatoms. The minimum Gasteiger partial charge on any atom is -0.481 e. The summed E-state index contributed by atoms with van der Waals surface area (Å²) in [6.07, 6.45) is 3.61. The smallest absolute Gasteiger partial charge is 0.305 e. The molecule has 0 amide bonds. The van der Waals surface area contributed by atoms with Gasteiger partial charge in [0.25, 0.3) is 0 Å². The van der Waals surface area contributed by atoms with Crippen molar-refractivity contribution in [2.75, 3.05) is 0 Å². The van der Waals surface area contributed by atoms with Gasteiger partial charge in [0.15, 0.2) is 0 Å². The largest absolute Gasteiger partial charge is 0.481 e. The standard InChI is InChI=1S/C9H14N2O2/c1-7(2)8-5-10-6-11(8)4-3-9(12)13/h5-7H,3-4H2,1-2H3,(H,12,13). The number of hydrogen-bond donors (Lipinski definition) is 1. The first kappa shape index (κ1) is 9.77. The molecular formula is C9H14N2O2. The molecule has 1 N–H and O–H groups in total. The van der Waals surface area contributed by atoms with Crippen LogP contribution in [0, 0.1) is 0 Å². The lowest BCUT2D eigenvalue weighted by molar-refractivity contribution is -0.137. The summed E-state index contributed by atoms with van der Waals surface area (Å²) in [6.45, 7) is 4.63. The maximum atomic E-state index is 10.3. The van der Waals surface area contributed by atoms with E-state index in [-0.39, 0.29) is 6.42 Å². The molecule has 0 atom stereocenters. The van der Waals surface area contributed by atoms with Gasteiger partial charge in [-0.3, -0.25) is 4.79 Å². The van der Waals surface area contributed by atoms with Gasteiger partial charge in [-0.15, -0.1) is 0 Å². The van der Waals surface area contributed by atoms with Crippen molar-refractivity contribution < 1.29 is 9.90 Å². The van der Waals surface area contributed by atoms with Crippen molar-refractivity contribution in [3.63, 3.8) is 0 Å². The number of imidazole rings is 1. The molecule has 0 aliphatic carbocycles. The van der Waals surface area contributed by atoms with Gasteiger partial charge in [0.1, 0.15) is 0 Å². The maximum absolute atomic E-state index is 10.3. The topological polar surface area (TPSA) is 55.1 Å². The summed E-state index contributed by atoms with van der Waals surface area (Å²) >= 11 is 0. The molecule has 13 heavy (non-hydrogen) atoms. The summed E-state index contributed by atoms with van der Waals surface area (Å²) < 4.78 is 1.89. The predicted molar refractivity (Wildman–Crippen MR) is 48.6 cm³/mol. The van der Waals surface area contributed by atoms with Crippen molar-refractivity contribution in [3.05, 3.63) is 18.2 Å². The third kappa shape index (κ3) is 2.57. The van der Waals surface area contributed by atoms with E-state index in [0.717, 1.165) is 5.69 Å². The SMILES string of the molecule is CC(C)c1cncn1CCC(=O)O. The molecule has 1 aromatic heterocycles. The number of aryl methyl sites for hydroxylation is 1. The van der Waals surface area contributed by atoms with Gasteiger partial charge in [0, 0.05) is 18.4 Å². The van der Waals surface area contributed by atoms with Crippen LogP contribution >= 0.6 is 0 Å². The Bertz CT molecular complexity index is 292. The van der Waals surface area contributed by atoms with Crippen LogP contribution in [0.15, 0.2) is 12.5 Å². The molecule has 1 heterocycles. The average molecular weight is 182 g/mol. The van der Waals surface area contributed by atoms with Crippen LogP contribution in [0.1, 0.15) is 31.9 Å². The normalized spacial score (nSPS) is 10.7. The van der Waals surface area contributed by atoms with Gasteiger partial charge >= 0.3 is 5.97 Å². The Labute approximate surface area is 77.2 Å². The van der Waals surface area contributed by atoms with Crippen LogP contribution in [0.2, 0.25) is 0 Å². The highest BCUT2D eigenvalue weighted by atomic mass is 16.4. The molecule has 0 saturated heterocycles. The Morgan fingerprint density at radius 1 is 1.69 bits per heavy atom. The summed E-state index contributed by atoms with van der Waals surface area (Å²) in [6, 6.07) is 0. The van der Waals surface area contributed by atoms with E-state index in [4.69, 9.17) is 5.11 Å². The lowest BCUT2D eigenvalue weighted by atomic mass is 10.1. The van der Waals surface area contributed by atoms with Gasteiger partial charge in [-0.25, -0.2) is 4.98 Å². The summed E-state index contributed by atoms with van der Waals surface area (Å²) in [5.41, 5.74) is 1.08. The second-order valence-electron chi connectivity index (χ2n) is 3.31. The fourth-order valence-corrected chi connectivity index (χ4v) is 1.21. The van der Waals surface area contributed by atoms with Crippen LogP contribution in [0.25, 0.3) is 0 Å². The zero-order chi connectivity index (χ0) is 9.84. The third-order valence-electron chi connectivity index (χ3n) is 1.90. The summed E-state index contributed by atoms with van der Waals surface area (Å²) in [5.74, 6) is -0.389. The first-order valence-corrected chi connectivity index (χ1v) is 4.33. The lowest BCUT2D eigenvalue weighted by Crippen LogP contribution is -2.07. The minimum atomic E-state index is -0.775. The Kier molecular flexibility index (Phi) is 3.06. The summed E-state index contributed by atoms with van der Waals surface area (Å²) in [7, 11) is 0. The van der Waals surface area contributed by atoms with Gasteiger partial charge in [0.2, 0.25) is 0 Å². The summed E-state index contributed by atoms with van der Waals surface area (Å²) in [5, 5.41) is 8.51. The molecule has 0 bridgehead atoms. The Morgan fingerprint density at radius 2 is 2.38 bits per heavy atom. The van der Waals surface area contributed by atoms with Crippen LogP contribution in [0.4, 0.5) is 0 Å². The Hall–Kier alpha value is -1.32. The second-order valence-corrected chi connectivity index (χ2v) is 3.31. The van der Waals surface area contributed by atoms with E-state index in [9.17, 15) is 4.79 Å². The maximum Gasteiger partial charge on any atom is 0.305 e. The van der Waals surface area contributed by atoms with E-state index in [2.05, 4.69) is 18.8 Å². The molecule has 0 aliphatic rings. The van der Waals surface area contributed by atoms with E-state index in [1.54, 1.807) is 12.5 Å². The second kappa shape index (κ2) is 4.07. The molecule has 4 nitrogen and oxygen atoms in total. The molecule has 1 aromatic rings. The third-order valence-corrected chi connectivity index (χ3v) is 1.90. The Morgan fingerprint density at radius 3 is 2.92 bits per heavy atom. The molecule has 0 aromatic carbocycles. The van der Waals surface area contributed by atoms with Crippen molar-refractivity contribution in [1.29, 1.82) is 0 Å². The van der Waals surface area contributed by atoms with E-state index < -0.39 is 5.97 Å². The quantitative estimate of drug-likeness (QED) is 0.767. The van der Waals surface area contributed by atoms with E-state index in [1.165, 1.54) is 0 Å². The molecule has 0 unspecified atom stereocenters. The molecule has 0 radical (unpaired) electrons. The fraction of sp³-hybridized carbons (Fsp3) is 0.556. The highest BCUT2D eigenvalue weighted by Crippen LogP contribution is 2.13. The molecule has 0 aliphatic heterocycles. The molecule has 0 spiro atoms. The first-order valence-electron chi connectivity index (χ1n) is 4.33. The van der Waals surface area contributed by atoms with Crippen molar-refractivity contribution in [1.82, 2.24) is 9.55 Å². The van der Waals surface area contributed by atoms with Crippen molar-refractivity contribution >= 4 is 5.97 Å². The van der Waals surface area contributed by atoms with Gasteiger partial charge < -0.3 is 9.67 Å². The first-order chi connectivity index (χ1) is 6.11. The number of nitrogens with zero attached hydrogens (tertiary/aromatic N) is 2. The highest BCUT2D eigenvalue weighted by Gasteiger charge is 2.06. The monoisotopic (exact) mass is 182 g/mol. The van der Waals surface area contributed by atoms with Crippen LogP contribution in [0.5, 0.6) is 0 Å². The van der Waals surface area contributed by atoms with Gasteiger partial charge in [-0.2, -0.15) is 0 Å². The number of hydrogen-bond acceptors (Lipinski definition) is 2. The molecule has 1 rings (SSSR count). The minimum absolute atomic E-state index is 0.149. The number of aliphatic carboxylic acids is 1.